The van der Waals surface area contributed by atoms with Crippen LogP contribution in [-0.4, -0.2) is 55.4 Å². The van der Waals surface area contributed by atoms with Gasteiger partial charge in [-0.25, -0.2) is 13.4 Å². The molecule has 2 saturated carbocycles. The fourth-order valence-electron chi connectivity index (χ4n) is 5.51. The number of piperazine rings is 1. The number of carbonyl (C=O) groups excluding carboxylic acids is 1. The van der Waals surface area contributed by atoms with Crippen LogP contribution in [0.4, 0.5) is 19.0 Å². The zero-order valence-electron chi connectivity index (χ0n) is 17.4. The number of carbonyl (C=O) groups is 1. The normalized spacial score (nSPS) is 29.0. The predicted molar refractivity (Wildman–Crippen MR) is 110 cm³/mol. The average Bonchev–Trinajstić information content (AvgIpc) is 3.01. The van der Waals surface area contributed by atoms with Crippen molar-refractivity contribution in [2.75, 3.05) is 36.8 Å². The minimum Gasteiger partial charge on any atom is -0.353 e. The summed E-state index contributed by atoms with van der Waals surface area (Å²) in [4.78, 5) is 18.3. The van der Waals surface area contributed by atoms with Gasteiger partial charge in [-0.2, -0.15) is 17.5 Å². The lowest BCUT2D eigenvalue weighted by molar-refractivity contribution is -0.137. The molecule has 4 rings (SSSR count). The molecule has 0 N–H and O–H groups in total. The quantitative estimate of drug-likeness (QED) is 0.660. The zero-order chi connectivity index (χ0) is 22.8. The van der Waals surface area contributed by atoms with E-state index in [2.05, 4.69) is 4.98 Å². The van der Waals surface area contributed by atoms with Gasteiger partial charge in [0.15, 0.2) is 0 Å². The topological polar surface area (TPSA) is 70.6 Å². The van der Waals surface area contributed by atoms with Crippen LogP contribution >= 0.6 is 11.6 Å². The molecule has 1 aromatic heterocycles. The molecule has 6 nitrogen and oxygen atoms in total. The first-order valence-electron chi connectivity index (χ1n) is 10.3. The van der Waals surface area contributed by atoms with Crippen LogP contribution in [0.3, 0.4) is 0 Å². The van der Waals surface area contributed by atoms with Crippen molar-refractivity contribution in [3.05, 3.63) is 22.8 Å². The van der Waals surface area contributed by atoms with Crippen molar-refractivity contribution in [2.24, 2.45) is 16.7 Å². The molecule has 2 bridgehead atoms. The molecule has 11 heteroatoms. The molecule has 2 atom stereocenters. The Kier molecular flexibility index (Phi) is 5.38. The van der Waals surface area contributed by atoms with Crippen LogP contribution in [0.25, 0.3) is 0 Å². The van der Waals surface area contributed by atoms with Crippen LogP contribution in [0.2, 0.25) is 5.02 Å². The Morgan fingerprint density at radius 1 is 1.23 bits per heavy atom. The highest BCUT2D eigenvalue weighted by molar-refractivity contribution is 7.89. The van der Waals surface area contributed by atoms with Crippen molar-refractivity contribution >= 4 is 33.2 Å². The van der Waals surface area contributed by atoms with E-state index in [-0.39, 0.29) is 59.9 Å². The second-order valence-electron chi connectivity index (χ2n) is 9.34. The highest BCUT2D eigenvalue weighted by atomic mass is 35.5. The summed E-state index contributed by atoms with van der Waals surface area (Å²) < 4.78 is 66.3. The largest absolute Gasteiger partial charge is 0.417 e. The van der Waals surface area contributed by atoms with Gasteiger partial charge in [0.1, 0.15) is 11.6 Å². The SMILES string of the molecule is CC1(C)C2CCC1(CS(=O)(=O)N1CCN(c3ncc(C(F)(F)F)cc3Cl)CC1)C(=O)C2. The monoisotopic (exact) mass is 479 g/mol. The molecule has 2 unspecified atom stereocenters. The summed E-state index contributed by atoms with van der Waals surface area (Å²) in [5.41, 5.74) is -2.09. The molecule has 172 valence electrons. The number of Topliss-reactive ketones (excluding diaryl/α,β-unsaturated/α-hetero) is 1. The highest BCUT2D eigenvalue weighted by Crippen LogP contribution is 2.64. The van der Waals surface area contributed by atoms with Gasteiger partial charge in [-0.1, -0.05) is 25.4 Å². The van der Waals surface area contributed by atoms with Crippen LogP contribution in [-0.2, 0) is 21.0 Å². The molecule has 0 radical (unpaired) electrons. The lowest BCUT2D eigenvalue weighted by atomic mass is 9.70. The fraction of sp³-hybridized carbons (Fsp3) is 0.700. The van der Waals surface area contributed by atoms with Gasteiger partial charge < -0.3 is 4.90 Å². The summed E-state index contributed by atoms with van der Waals surface area (Å²) in [6.45, 7) is 4.84. The van der Waals surface area contributed by atoms with E-state index >= 15 is 0 Å². The van der Waals surface area contributed by atoms with Crippen molar-refractivity contribution < 1.29 is 26.4 Å². The molecule has 0 spiro atoms. The standard InChI is InChI=1S/C20H25ClF3N3O3S/c1-18(2)13-3-4-19(18,16(28)10-13)12-31(29,30)27-7-5-26(6-8-27)17-15(21)9-14(11-25-17)20(22,23)24/h9,11,13H,3-8,10,12H2,1-2H3. The van der Waals surface area contributed by atoms with E-state index in [1.54, 1.807) is 4.90 Å². The molecule has 31 heavy (non-hydrogen) atoms. The number of fused-ring (bicyclic) bond motifs is 2. The number of hydrogen-bond acceptors (Lipinski definition) is 5. The number of alkyl halides is 3. The number of aromatic nitrogens is 1. The maximum Gasteiger partial charge on any atom is 0.417 e. The lowest BCUT2D eigenvalue weighted by Crippen LogP contribution is -2.53. The second-order valence-corrected chi connectivity index (χ2v) is 11.7. The van der Waals surface area contributed by atoms with Crippen molar-refractivity contribution in [1.29, 1.82) is 0 Å². The van der Waals surface area contributed by atoms with Crippen LogP contribution in [0.15, 0.2) is 12.3 Å². The van der Waals surface area contributed by atoms with Gasteiger partial charge in [0.25, 0.3) is 0 Å². The number of sulfonamides is 1. The lowest BCUT2D eigenvalue weighted by Gasteiger charge is -2.40. The van der Waals surface area contributed by atoms with Crippen LogP contribution in [0.5, 0.6) is 0 Å². The molecule has 2 aliphatic carbocycles. The van der Waals surface area contributed by atoms with Crippen molar-refractivity contribution in [3.63, 3.8) is 0 Å². The highest BCUT2D eigenvalue weighted by Gasteiger charge is 2.65. The number of nitrogens with zero attached hydrogens (tertiary/aromatic N) is 3. The first-order chi connectivity index (χ1) is 14.3. The second kappa shape index (κ2) is 7.31. The minimum absolute atomic E-state index is 0.0525. The number of pyridine rings is 1. The van der Waals surface area contributed by atoms with Crippen molar-refractivity contribution in [3.8, 4) is 0 Å². The Hall–Kier alpha value is -1.39. The van der Waals surface area contributed by atoms with E-state index in [9.17, 15) is 26.4 Å². The summed E-state index contributed by atoms with van der Waals surface area (Å²) in [6, 6.07) is 0.830. The number of hydrogen-bond donors (Lipinski definition) is 0. The number of anilines is 1. The Morgan fingerprint density at radius 3 is 2.35 bits per heavy atom. The number of rotatable bonds is 4. The third-order valence-corrected chi connectivity index (χ3v) is 9.94. The molecule has 0 aromatic carbocycles. The van der Waals surface area contributed by atoms with E-state index < -0.39 is 27.2 Å². The van der Waals surface area contributed by atoms with Crippen LogP contribution in [0.1, 0.15) is 38.7 Å². The molecular formula is C20H25ClF3N3O3S. The van der Waals surface area contributed by atoms with Gasteiger partial charge in [-0.05, 0) is 30.2 Å². The average molecular weight is 480 g/mol. The fourth-order valence-corrected chi connectivity index (χ4v) is 8.00. The summed E-state index contributed by atoms with van der Waals surface area (Å²) in [5.74, 6) is 0.314. The van der Waals surface area contributed by atoms with Crippen LogP contribution < -0.4 is 4.90 Å². The van der Waals surface area contributed by atoms with E-state index in [0.717, 1.165) is 18.7 Å². The number of ketones is 1. The third kappa shape index (κ3) is 3.64. The molecule has 0 amide bonds. The summed E-state index contributed by atoms with van der Waals surface area (Å²) in [7, 11) is -3.67. The Labute approximate surface area is 184 Å². The minimum atomic E-state index is -4.54. The molecule has 1 aliphatic heterocycles. The van der Waals surface area contributed by atoms with E-state index in [4.69, 9.17) is 11.6 Å². The molecule has 1 saturated heterocycles. The first kappa shape index (κ1) is 22.8. The van der Waals surface area contributed by atoms with Crippen molar-refractivity contribution in [2.45, 2.75) is 39.3 Å². The molecule has 1 aromatic rings. The van der Waals surface area contributed by atoms with Gasteiger partial charge in [0.2, 0.25) is 10.0 Å². The van der Waals surface area contributed by atoms with Gasteiger partial charge in [-0.3, -0.25) is 4.79 Å². The number of halogens is 4. The smallest absolute Gasteiger partial charge is 0.353 e. The van der Waals surface area contributed by atoms with Gasteiger partial charge >= 0.3 is 6.18 Å². The molecule has 3 fully saturated rings. The Morgan fingerprint density at radius 2 is 1.87 bits per heavy atom. The van der Waals surface area contributed by atoms with Crippen molar-refractivity contribution in [1.82, 2.24) is 9.29 Å². The van der Waals surface area contributed by atoms with E-state index in [1.165, 1.54) is 4.31 Å². The Bertz CT molecular complexity index is 1010. The summed E-state index contributed by atoms with van der Waals surface area (Å²) in [5, 5.41) is -0.125. The maximum atomic E-state index is 13.2. The molecule has 3 aliphatic rings. The predicted octanol–water partition coefficient (Wildman–Crippen LogP) is 3.60. The van der Waals surface area contributed by atoms with Gasteiger partial charge in [-0.15, -0.1) is 0 Å². The first-order valence-corrected chi connectivity index (χ1v) is 12.3. The summed E-state index contributed by atoms with van der Waals surface area (Å²) in [6.07, 6.45) is -1.87. The molecule has 2 heterocycles. The summed E-state index contributed by atoms with van der Waals surface area (Å²) >= 11 is 6.02. The maximum absolute atomic E-state index is 13.2. The van der Waals surface area contributed by atoms with Gasteiger partial charge in [0.05, 0.1) is 16.3 Å². The Balaban J connectivity index is 1.46. The third-order valence-electron chi connectivity index (χ3n) is 7.65. The van der Waals surface area contributed by atoms with E-state index in [0.29, 0.717) is 12.8 Å². The molecular weight excluding hydrogens is 455 g/mol. The van der Waals surface area contributed by atoms with Crippen LogP contribution in [0, 0.1) is 16.7 Å². The van der Waals surface area contributed by atoms with Gasteiger partial charge in [0, 0.05) is 44.2 Å². The zero-order valence-corrected chi connectivity index (χ0v) is 18.9. The van der Waals surface area contributed by atoms with E-state index in [1.807, 2.05) is 13.8 Å².